The molecule has 1 aromatic rings. The van der Waals surface area contributed by atoms with Crippen LogP contribution in [0.25, 0.3) is 0 Å². The van der Waals surface area contributed by atoms with Crippen LogP contribution in [-0.2, 0) is 14.8 Å². The van der Waals surface area contributed by atoms with Crippen molar-refractivity contribution in [3.05, 3.63) is 23.8 Å². The number of hydrogen-bond acceptors (Lipinski definition) is 4. The molecule has 116 valence electrons. The number of carbonyl (C=O) groups excluding carboxylic acids is 1. The summed E-state index contributed by atoms with van der Waals surface area (Å²) in [5, 5.41) is 2.56. The number of benzene rings is 1. The zero-order valence-corrected chi connectivity index (χ0v) is 11.8. The van der Waals surface area contributed by atoms with Crippen molar-refractivity contribution in [2.24, 2.45) is 5.92 Å². The summed E-state index contributed by atoms with van der Waals surface area (Å²) in [6.45, 7) is -0.00955. The van der Waals surface area contributed by atoms with Gasteiger partial charge in [0.25, 0.3) is 0 Å². The molecule has 1 aliphatic rings. The van der Waals surface area contributed by atoms with Crippen LogP contribution in [0.3, 0.4) is 0 Å². The van der Waals surface area contributed by atoms with E-state index in [1.54, 1.807) is 0 Å². The molecule has 21 heavy (non-hydrogen) atoms. The van der Waals surface area contributed by atoms with Crippen LogP contribution in [0.2, 0.25) is 0 Å². The second kappa shape index (κ2) is 5.94. The highest BCUT2D eigenvalue weighted by Crippen LogP contribution is 2.28. The van der Waals surface area contributed by atoms with Crippen LogP contribution < -0.4 is 15.8 Å². The van der Waals surface area contributed by atoms with Crippen LogP contribution in [0, 0.1) is 17.6 Å². The second-order valence-corrected chi connectivity index (χ2v) is 6.50. The van der Waals surface area contributed by atoms with E-state index in [4.69, 9.17) is 5.73 Å². The second-order valence-electron chi connectivity index (χ2n) is 4.77. The summed E-state index contributed by atoms with van der Waals surface area (Å²) in [5.74, 6) is -2.35. The lowest BCUT2D eigenvalue weighted by atomic mass is 10.3. The number of halogens is 2. The van der Waals surface area contributed by atoms with Gasteiger partial charge in [-0.1, -0.05) is 0 Å². The number of amides is 1. The van der Waals surface area contributed by atoms with Crippen molar-refractivity contribution in [1.29, 1.82) is 0 Å². The van der Waals surface area contributed by atoms with Crippen molar-refractivity contribution < 1.29 is 22.0 Å². The number of nitrogens with one attached hydrogen (secondary N) is 2. The topological polar surface area (TPSA) is 101 Å². The lowest BCUT2D eigenvalue weighted by Gasteiger charge is -2.09. The quantitative estimate of drug-likeness (QED) is 0.520. The van der Waals surface area contributed by atoms with Gasteiger partial charge in [-0.15, -0.1) is 0 Å². The number of nitrogens with two attached hydrogens (primary N) is 1. The van der Waals surface area contributed by atoms with Gasteiger partial charge in [0.1, 0.15) is 16.5 Å². The van der Waals surface area contributed by atoms with Crippen molar-refractivity contribution >= 4 is 21.6 Å². The number of sulfonamides is 1. The maximum Gasteiger partial charge on any atom is 0.243 e. The summed E-state index contributed by atoms with van der Waals surface area (Å²) in [6, 6.07) is 1.13. The predicted octanol–water partition coefficient (Wildman–Crippen LogP) is 0.351. The average molecular weight is 319 g/mol. The molecule has 9 heteroatoms. The highest BCUT2D eigenvalue weighted by molar-refractivity contribution is 7.89. The number of rotatable bonds is 6. The Bertz CT molecular complexity index is 660. The molecule has 0 aromatic heterocycles. The van der Waals surface area contributed by atoms with Crippen molar-refractivity contribution in [3.63, 3.8) is 0 Å². The summed E-state index contributed by atoms with van der Waals surface area (Å²) >= 11 is 0. The summed E-state index contributed by atoms with van der Waals surface area (Å²) in [5.41, 5.74) is 4.77. The van der Waals surface area contributed by atoms with Gasteiger partial charge >= 0.3 is 0 Å². The zero-order valence-electron chi connectivity index (χ0n) is 11.0. The SMILES string of the molecule is Nc1cc(S(=O)(=O)NCCNC(=O)C2CC2)c(F)cc1F. The highest BCUT2D eigenvalue weighted by Gasteiger charge is 2.29. The fourth-order valence-electron chi connectivity index (χ4n) is 1.69. The van der Waals surface area contributed by atoms with E-state index in [1.165, 1.54) is 0 Å². The molecule has 0 heterocycles. The Morgan fingerprint density at radius 2 is 1.90 bits per heavy atom. The van der Waals surface area contributed by atoms with Gasteiger partial charge in [0.15, 0.2) is 0 Å². The third-order valence-electron chi connectivity index (χ3n) is 3.01. The number of nitrogen functional groups attached to an aromatic ring is 1. The molecule has 1 fully saturated rings. The normalized spacial score (nSPS) is 15.0. The van der Waals surface area contributed by atoms with Crippen LogP contribution in [0.5, 0.6) is 0 Å². The molecular formula is C12H15F2N3O3S. The molecule has 6 nitrogen and oxygen atoms in total. The maximum absolute atomic E-state index is 13.5. The van der Waals surface area contributed by atoms with Gasteiger partial charge in [-0.2, -0.15) is 0 Å². The van der Waals surface area contributed by atoms with Gasteiger partial charge in [-0.25, -0.2) is 21.9 Å². The Morgan fingerprint density at radius 3 is 2.52 bits per heavy atom. The molecule has 4 N–H and O–H groups in total. The van der Waals surface area contributed by atoms with Crippen LogP contribution in [0.4, 0.5) is 14.5 Å². The number of anilines is 1. The van der Waals surface area contributed by atoms with Crippen molar-refractivity contribution in [3.8, 4) is 0 Å². The smallest absolute Gasteiger partial charge is 0.243 e. The summed E-state index contributed by atoms with van der Waals surface area (Å²) in [6.07, 6.45) is 1.69. The van der Waals surface area contributed by atoms with Crippen LogP contribution in [-0.4, -0.2) is 27.4 Å². The molecule has 0 radical (unpaired) electrons. The van der Waals surface area contributed by atoms with Gasteiger partial charge in [-0.05, 0) is 18.9 Å². The molecule has 1 amide bonds. The summed E-state index contributed by atoms with van der Waals surface area (Å²) in [7, 11) is -4.16. The first-order valence-corrected chi connectivity index (χ1v) is 7.81. The molecule has 0 aliphatic heterocycles. The molecule has 1 aromatic carbocycles. The van der Waals surface area contributed by atoms with E-state index in [1.807, 2.05) is 0 Å². The monoisotopic (exact) mass is 319 g/mol. The molecule has 2 rings (SSSR count). The Kier molecular flexibility index (Phi) is 4.43. The minimum atomic E-state index is -4.16. The average Bonchev–Trinajstić information content (AvgIpc) is 3.23. The standard InChI is InChI=1S/C12H15F2N3O3S/c13-8-5-9(14)11(6-10(8)15)21(19,20)17-4-3-16-12(18)7-1-2-7/h5-7,17H,1-4,15H2,(H,16,18). The molecular weight excluding hydrogens is 304 g/mol. The minimum Gasteiger partial charge on any atom is -0.396 e. The number of carbonyl (C=O) groups is 1. The molecule has 0 unspecified atom stereocenters. The van der Waals surface area contributed by atoms with E-state index in [2.05, 4.69) is 10.0 Å². The van der Waals surface area contributed by atoms with E-state index >= 15 is 0 Å². The van der Waals surface area contributed by atoms with Crippen molar-refractivity contribution in [2.75, 3.05) is 18.8 Å². The zero-order chi connectivity index (χ0) is 15.6. The van der Waals surface area contributed by atoms with E-state index < -0.39 is 32.2 Å². The van der Waals surface area contributed by atoms with Crippen LogP contribution in [0.1, 0.15) is 12.8 Å². The predicted molar refractivity (Wildman–Crippen MR) is 71.7 cm³/mol. The van der Waals surface area contributed by atoms with E-state index in [0.717, 1.165) is 18.9 Å². The van der Waals surface area contributed by atoms with E-state index in [0.29, 0.717) is 6.07 Å². The van der Waals surface area contributed by atoms with Gasteiger partial charge < -0.3 is 11.1 Å². The van der Waals surface area contributed by atoms with Gasteiger partial charge in [0.2, 0.25) is 15.9 Å². The molecule has 1 saturated carbocycles. The fourth-order valence-corrected chi connectivity index (χ4v) is 2.81. The van der Waals surface area contributed by atoms with Gasteiger partial charge in [0, 0.05) is 25.1 Å². The molecule has 0 saturated heterocycles. The lowest BCUT2D eigenvalue weighted by Crippen LogP contribution is -2.35. The van der Waals surface area contributed by atoms with Crippen molar-refractivity contribution in [2.45, 2.75) is 17.7 Å². The third-order valence-corrected chi connectivity index (χ3v) is 4.48. The summed E-state index contributed by atoms with van der Waals surface area (Å²) in [4.78, 5) is 10.6. The van der Waals surface area contributed by atoms with E-state index in [9.17, 15) is 22.0 Å². The van der Waals surface area contributed by atoms with Crippen LogP contribution in [0.15, 0.2) is 17.0 Å². The Balaban J connectivity index is 1.95. The third kappa shape index (κ3) is 3.88. The molecule has 0 spiro atoms. The summed E-state index contributed by atoms with van der Waals surface area (Å²) < 4.78 is 52.3. The Morgan fingerprint density at radius 1 is 1.24 bits per heavy atom. The number of hydrogen-bond donors (Lipinski definition) is 3. The molecule has 0 bridgehead atoms. The Labute approximate surface area is 120 Å². The van der Waals surface area contributed by atoms with Crippen LogP contribution >= 0.6 is 0 Å². The highest BCUT2D eigenvalue weighted by atomic mass is 32.2. The first-order valence-electron chi connectivity index (χ1n) is 6.33. The minimum absolute atomic E-state index is 0.0240. The largest absolute Gasteiger partial charge is 0.396 e. The lowest BCUT2D eigenvalue weighted by molar-refractivity contribution is -0.122. The fraction of sp³-hybridized carbons (Fsp3) is 0.417. The van der Waals surface area contributed by atoms with E-state index in [-0.39, 0.29) is 24.9 Å². The Hall–Kier alpha value is -1.74. The molecule has 1 aliphatic carbocycles. The first kappa shape index (κ1) is 15.6. The maximum atomic E-state index is 13.5. The van der Waals surface area contributed by atoms with Gasteiger partial charge in [-0.3, -0.25) is 4.79 Å². The van der Waals surface area contributed by atoms with Crippen molar-refractivity contribution in [1.82, 2.24) is 10.0 Å². The molecule has 0 atom stereocenters. The first-order chi connectivity index (χ1) is 9.81. The van der Waals surface area contributed by atoms with Gasteiger partial charge in [0.05, 0.1) is 5.69 Å².